The molecule has 9 heteroatoms. The molecule has 2 aromatic rings. The highest BCUT2D eigenvalue weighted by Gasteiger charge is 2.37. The molecule has 124 valence electrons. The van der Waals surface area contributed by atoms with Gasteiger partial charge in [0.15, 0.2) is 0 Å². The Morgan fingerprint density at radius 3 is 2.91 bits per heavy atom. The Bertz CT molecular complexity index is 834. The van der Waals surface area contributed by atoms with Gasteiger partial charge < -0.3 is 9.42 Å². The molecule has 2 aliphatic heterocycles. The van der Waals surface area contributed by atoms with Crippen LogP contribution in [0.1, 0.15) is 25.0 Å². The van der Waals surface area contributed by atoms with Gasteiger partial charge in [0, 0.05) is 25.7 Å². The number of aromatic nitrogens is 3. The van der Waals surface area contributed by atoms with E-state index in [-0.39, 0.29) is 11.8 Å². The first-order valence-corrected chi connectivity index (χ1v) is 9.48. The van der Waals surface area contributed by atoms with Gasteiger partial charge in [-0.05, 0) is 26.2 Å². The zero-order chi connectivity index (χ0) is 16.0. The predicted octanol–water partition coefficient (Wildman–Crippen LogP) is 0.931. The van der Waals surface area contributed by atoms with E-state index in [2.05, 4.69) is 20.0 Å². The SMILES string of the molecule is Cc1noc2ncnc(N3CCC[C@H](N4CCCS4(=O)=O)C3)c12. The Balaban J connectivity index is 1.66. The van der Waals surface area contributed by atoms with Gasteiger partial charge in [0.05, 0.1) is 11.4 Å². The summed E-state index contributed by atoms with van der Waals surface area (Å²) in [5.74, 6) is 1.06. The molecule has 2 aliphatic rings. The summed E-state index contributed by atoms with van der Waals surface area (Å²) in [6.45, 7) is 3.99. The summed E-state index contributed by atoms with van der Waals surface area (Å²) in [6.07, 6.45) is 4.03. The third kappa shape index (κ3) is 2.47. The largest absolute Gasteiger partial charge is 0.354 e. The van der Waals surface area contributed by atoms with Crippen LogP contribution in [0.2, 0.25) is 0 Å². The van der Waals surface area contributed by atoms with Crippen molar-refractivity contribution in [3.05, 3.63) is 12.0 Å². The van der Waals surface area contributed by atoms with Gasteiger partial charge in [-0.15, -0.1) is 0 Å². The van der Waals surface area contributed by atoms with Crippen molar-refractivity contribution in [2.75, 3.05) is 30.3 Å². The molecule has 4 heterocycles. The minimum Gasteiger partial charge on any atom is -0.354 e. The molecule has 0 unspecified atom stereocenters. The molecule has 0 radical (unpaired) electrons. The number of anilines is 1. The van der Waals surface area contributed by atoms with Crippen LogP contribution >= 0.6 is 0 Å². The molecule has 0 N–H and O–H groups in total. The first kappa shape index (κ1) is 14.8. The average Bonchev–Trinajstić information content (AvgIpc) is 3.10. The lowest BCUT2D eigenvalue weighted by Crippen LogP contribution is -2.48. The fourth-order valence-electron chi connectivity index (χ4n) is 3.59. The Morgan fingerprint density at radius 1 is 1.26 bits per heavy atom. The third-order valence-corrected chi connectivity index (χ3v) is 6.66. The van der Waals surface area contributed by atoms with E-state index in [9.17, 15) is 8.42 Å². The quantitative estimate of drug-likeness (QED) is 0.805. The lowest BCUT2D eigenvalue weighted by atomic mass is 10.1. The maximum Gasteiger partial charge on any atom is 0.263 e. The Morgan fingerprint density at radius 2 is 2.13 bits per heavy atom. The number of aryl methyl sites for hydroxylation is 1. The fraction of sp³-hybridized carbons (Fsp3) is 0.643. The summed E-state index contributed by atoms with van der Waals surface area (Å²) in [6, 6.07) is 0.0152. The maximum absolute atomic E-state index is 12.2. The van der Waals surface area contributed by atoms with Crippen LogP contribution in [0.25, 0.3) is 11.1 Å². The number of sulfonamides is 1. The zero-order valence-corrected chi connectivity index (χ0v) is 13.8. The van der Waals surface area contributed by atoms with Gasteiger partial charge >= 0.3 is 0 Å². The fourth-order valence-corrected chi connectivity index (χ4v) is 5.36. The molecule has 2 saturated heterocycles. The van der Waals surface area contributed by atoms with Gasteiger partial charge in [0.2, 0.25) is 10.0 Å². The molecule has 23 heavy (non-hydrogen) atoms. The number of nitrogens with zero attached hydrogens (tertiary/aromatic N) is 5. The summed E-state index contributed by atoms with van der Waals surface area (Å²) in [5.41, 5.74) is 1.23. The van der Waals surface area contributed by atoms with Crippen molar-refractivity contribution in [2.24, 2.45) is 0 Å². The van der Waals surface area contributed by atoms with E-state index < -0.39 is 10.0 Å². The summed E-state index contributed by atoms with van der Waals surface area (Å²) in [7, 11) is -3.09. The van der Waals surface area contributed by atoms with E-state index in [1.54, 1.807) is 4.31 Å². The summed E-state index contributed by atoms with van der Waals surface area (Å²) >= 11 is 0. The van der Waals surface area contributed by atoms with E-state index in [4.69, 9.17) is 4.52 Å². The molecule has 2 aromatic heterocycles. The van der Waals surface area contributed by atoms with Crippen LogP contribution in [0.15, 0.2) is 10.9 Å². The topological polar surface area (TPSA) is 92.4 Å². The molecule has 1 atom stereocenters. The number of piperidine rings is 1. The summed E-state index contributed by atoms with van der Waals surface area (Å²) in [5, 5.41) is 4.78. The Labute approximate surface area is 134 Å². The van der Waals surface area contributed by atoms with Crippen molar-refractivity contribution < 1.29 is 12.9 Å². The lowest BCUT2D eigenvalue weighted by molar-refractivity contribution is 0.298. The van der Waals surface area contributed by atoms with Crippen LogP contribution in [0.3, 0.4) is 0 Å². The van der Waals surface area contributed by atoms with Gasteiger partial charge in [0.1, 0.15) is 17.5 Å². The van der Waals surface area contributed by atoms with Gasteiger partial charge in [-0.25, -0.2) is 13.4 Å². The van der Waals surface area contributed by atoms with Crippen molar-refractivity contribution >= 4 is 26.9 Å². The second-order valence-corrected chi connectivity index (χ2v) is 8.21. The molecule has 0 aliphatic carbocycles. The third-order valence-electron chi connectivity index (χ3n) is 4.66. The molecule has 2 fully saturated rings. The number of rotatable bonds is 2. The van der Waals surface area contributed by atoms with Gasteiger partial charge in [-0.3, -0.25) is 0 Å². The molecule has 0 aromatic carbocycles. The van der Waals surface area contributed by atoms with Crippen molar-refractivity contribution in [2.45, 2.75) is 32.2 Å². The van der Waals surface area contributed by atoms with Gasteiger partial charge in [0.25, 0.3) is 5.71 Å². The van der Waals surface area contributed by atoms with Crippen molar-refractivity contribution in [1.82, 2.24) is 19.4 Å². The second-order valence-electron chi connectivity index (χ2n) is 6.17. The molecule has 0 bridgehead atoms. The second kappa shape index (κ2) is 5.41. The van der Waals surface area contributed by atoms with Crippen molar-refractivity contribution in [3.8, 4) is 0 Å². The smallest absolute Gasteiger partial charge is 0.263 e. The average molecular weight is 337 g/mol. The van der Waals surface area contributed by atoms with Crippen LogP contribution in [0, 0.1) is 6.92 Å². The lowest BCUT2D eigenvalue weighted by Gasteiger charge is -2.37. The molecule has 0 saturated carbocycles. The minimum absolute atomic E-state index is 0.0152. The van der Waals surface area contributed by atoms with Crippen molar-refractivity contribution in [1.29, 1.82) is 0 Å². The van der Waals surface area contributed by atoms with Crippen LogP contribution in [-0.4, -0.2) is 59.3 Å². The molecular formula is C14H19N5O3S. The van der Waals surface area contributed by atoms with E-state index in [0.29, 0.717) is 18.8 Å². The van der Waals surface area contributed by atoms with Gasteiger partial charge in [-0.1, -0.05) is 5.16 Å². The van der Waals surface area contributed by atoms with Crippen molar-refractivity contribution in [3.63, 3.8) is 0 Å². The molecule has 4 rings (SSSR count). The predicted molar refractivity (Wildman–Crippen MR) is 84.7 cm³/mol. The highest BCUT2D eigenvalue weighted by atomic mass is 32.2. The molecule has 0 amide bonds. The maximum atomic E-state index is 12.2. The Hall–Kier alpha value is -1.74. The Kier molecular flexibility index (Phi) is 3.49. The summed E-state index contributed by atoms with van der Waals surface area (Å²) < 4.78 is 31.3. The van der Waals surface area contributed by atoms with Crippen LogP contribution in [0.5, 0.6) is 0 Å². The monoisotopic (exact) mass is 337 g/mol. The highest BCUT2D eigenvalue weighted by molar-refractivity contribution is 7.89. The van der Waals surface area contributed by atoms with E-state index in [1.807, 2.05) is 6.92 Å². The minimum atomic E-state index is -3.09. The number of fused-ring (bicyclic) bond motifs is 1. The van der Waals surface area contributed by atoms with E-state index in [1.165, 1.54) is 6.33 Å². The van der Waals surface area contributed by atoms with E-state index >= 15 is 0 Å². The summed E-state index contributed by atoms with van der Waals surface area (Å²) in [4.78, 5) is 10.6. The molecule has 8 nitrogen and oxygen atoms in total. The number of hydrogen-bond donors (Lipinski definition) is 0. The van der Waals surface area contributed by atoms with Crippen LogP contribution < -0.4 is 4.90 Å². The zero-order valence-electron chi connectivity index (χ0n) is 13.0. The van der Waals surface area contributed by atoms with E-state index in [0.717, 1.165) is 42.7 Å². The first-order chi connectivity index (χ1) is 11.1. The molecule has 0 spiro atoms. The highest BCUT2D eigenvalue weighted by Crippen LogP contribution is 2.30. The number of hydrogen-bond acceptors (Lipinski definition) is 7. The normalized spacial score (nSPS) is 25.3. The standard InChI is InChI=1S/C14H19N5O3S/c1-10-12-13(15-9-16-14(12)22-17-10)18-5-2-4-11(8-18)19-6-3-7-23(19,20)21/h9,11H,2-8H2,1H3/t11-/m0/s1. The molecular weight excluding hydrogens is 318 g/mol. The first-order valence-electron chi connectivity index (χ1n) is 7.88. The van der Waals surface area contributed by atoms with Crippen LogP contribution in [0.4, 0.5) is 5.82 Å². The van der Waals surface area contributed by atoms with Gasteiger partial charge in [-0.2, -0.15) is 9.29 Å². The van der Waals surface area contributed by atoms with Crippen LogP contribution in [-0.2, 0) is 10.0 Å².